The van der Waals surface area contributed by atoms with Gasteiger partial charge in [0.15, 0.2) is 0 Å². The van der Waals surface area contributed by atoms with E-state index < -0.39 is 0 Å². The first-order valence-electron chi connectivity index (χ1n) is 10.4. The standard InChI is InChI=1S/C24H25NO5/c1-2-29-23(27)18-9-6-12-25(15-18)22(26)17-10-11-20-19(13-17)14-21(30-24(20)28)16-7-4-3-5-8-16/h3-5,7-8,10-11,13,18,21H,2,6,9,12,14-15H2,1H3/t18-,21-/m1/s1. The number of benzene rings is 2. The van der Waals surface area contributed by atoms with Gasteiger partial charge < -0.3 is 14.4 Å². The number of piperidine rings is 1. The number of esters is 2. The van der Waals surface area contributed by atoms with Crippen molar-refractivity contribution in [2.24, 2.45) is 5.92 Å². The number of carbonyl (C=O) groups excluding carboxylic acids is 3. The van der Waals surface area contributed by atoms with Crippen LogP contribution < -0.4 is 0 Å². The van der Waals surface area contributed by atoms with Crippen LogP contribution in [0.4, 0.5) is 0 Å². The van der Waals surface area contributed by atoms with E-state index in [1.54, 1.807) is 30.0 Å². The number of amides is 1. The summed E-state index contributed by atoms with van der Waals surface area (Å²) in [5, 5.41) is 0. The van der Waals surface area contributed by atoms with Crippen molar-refractivity contribution >= 4 is 17.8 Å². The molecule has 2 heterocycles. The molecule has 1 amide bonds. The largest absolute Gasteiger partial charge is 0.466 e. The molecule has 6 nitrogen and oxygen atoms in total. The van der Waals surface area contributed by atoms with E-state index in [2.05, 4.69) is 0 Å². The van der Waals surface area contributed by atoms with Gasteiger partial charge in [-0.2, -0.15) is 0 Å². The molecule has 30 heavy (non-hydrogen) atoms. The van der Waals surface area contributed by atoms with Crippen LogP contribution >= 0.6 is 0 Å². The minimum Gasteiger partial charge on any atom is -0.466 e. The Morgan fingerprint density at radius 1 is 1.17 bits per heavy atom. The van der Waals surface area contributed by atoms with Gasteiger partial charge in [0.25, 0.3) is 5.91 Å². The molecule has 6 heteroatoms. The predicted molar refractivity (Wildman–Crippen MR) is 110 cm³/mol. The number of hydrogen-bond acceptors (Lipinski definition) is 5. The molecular weight excluding hydrogens is 382 g/mol. The maximum Gasteiger partial charge on any atom is 0.339 e. The lowest BCUT2D eigenvalue weighted by Crippen LogP contribution is -2.42. The third-order valence-corrected chi connectivity index (χ3v) is 5.73. The van der Waals surface area contributed by atoms with Gasteiger partial charge in [0, 0.05) is 25.1 Å². The van der Waals surface area contributed by atoms with Gasteiger partial charge in [-0.3, -0.25) is 9.59 Å². The van der Waals surface area contributed by atoms with Crippen LogP contribution in [0.15, 0.2) is 48.5 Å². The fraction of sp³-hybridized carbons (Fsp3) is 0.375. The van der Waals surface area contributed by atoms with Crippen LogP contribution in [0, 0.1) is 5.92 Å². The Kier molecular flexibility index (Phi) is 5.84. The molecule has 4 rings (SSSR count). The summed E-state index contributed by atoms with van der Waals surface area (Å²) in [6.45, 7) is 3.10. The van der Waals surface area contributed by atoms with Crippen molar-refractivity contribution in [3.63, 3.8) is 0 Å². The lowest BCUT2D eigenvalue weighted by Gasteiger charge is -2.32. The number of ether oxygens (including phenoxy) is 2. The molecular formula is C24H25NO5. The van der Waals surface area contributed by atoms with E-state index in [-0.39, 0.29) is 29.9 Å². The Hall–Kier alpha value is -3.15. The molecule has 2 aliphatic rings. The molecule has 0 aromatic heterocycles. The smallest absolute Gasteiger partial charge is 0.339 e. The van der Waals surface area contributed by atoms with Gasteiger partial charge in [0.05, 0.1) is 18.1 Å². The van der Waals surface area contributed by atoms with Gasteiger partial charge in [-0.05, 0) is 49.1 Å². The molecule has 2 aromatic rings. The predicted octanol–water partition coefficient (Wildman–Crippen LogP) is 3.56. The summed E-state index contributed by atoms with van der Waals surface area (Å²) in [5.41, 5.74) is 2.77. The number of cyclic esters (lactones) is 1. The molecule has 156 valence electrons. The van der Waals surface area contributed by atoms with E-state index in [1.807, 2.05) is 30.3 Å². The molecule has 1 fully saturated rings. The van der Waals surface area contributed by atoms with Crippen molar-refractivity contribution in [2.45, 2.75) is 32.3 Å². The van der Waals surface area contributed by atoms with Gasteiger partial charge >= 0.3 is 11.9 Å². The fourth-order valence-corrected chi connectivity index (χ4v) is 4.18. The SMILES string of the molecule is CCOC(=O)[C@@H]1CCCN(C(=O)c2ccc3c(c2)C[C@H](c2ccccc2)OC3=O)C1. The summed E-state index contributed by atoms with van der Waals surface area (Å²) in [6, 6.07) is 14.7. The van der Waals surface area contributed by atoms with Crippen LogP contribution in [0.5, 0.6) is 0 Å². The second-order valence-electron chi connectivity index (χ2n) is 7.72. The Labute approximate surface area is 175 Å². The van der Waals surface area contributed by atoms with Crippen LogP contribution in [0.1, 0.15) is 57.7 Å². The van der Waals surface area contributed by atoms with Crippen molar-refractivity contribution in [1.29, 1.82) is 0 Å². The molecule has 2 aliphatic heterocycles. The molecule has 2 atom stereocenters. The summed E-state index contributed by atoms with van der Waals surface area (Å²) in [6.07, 6.45) is 1.66. The fourth-order valence-electron chi connectivity index (χ4n) is 4.18. The van der Waals surface area contributed by atoms with E-state index in [0.717, 1.165) is 24.0 Å². The van der Waals surface area contributed by atoms with Crippen molar-refractivity contribution < 1.29 is 23.9 Å². The van der Waals surface area contributed by atoms with Crippen LogP contribution in [0.25, 0.3) is 0 Å². The molecule has 0 N–H and O–H groups in total. The molecule has 0 bridgehead atoms. The normalized spacial score (nSPS) is 20.8. The zero-order valence-corrected chi connectivity index (χ0v) is 17.0. The summed E-state index contributed by atoms with van der Waals surface area (Å²) >= 11 is 0. The molecule has 0 spiro atoms. The zero-order chi connectivity index (χ0) is 21.1. The van der Waals surface area contributed by atoms with E-state index in [0.29, 0.717) is 37.2 Å². The van der Waals surface area contributed by atoms with Gasteiger partial charge in [-0.15, -0.1) is 0 Å². The third kappa shape index (κ3) is 4.08. The minimum absolute atomic E-state index is 0.123. The Morgan fingerprint density at radius 3 is 2.73 bits per heavy atom. The van der Waals surface area contributed by atoms with Crippen LogP contribution in [0.2, 0.25) is 0 Å². The van der Waals surface area contributed by atoms with Gasteiger partial charge in [0.1, 0.15) is 6.10 Å². The van der Waals surface area contributed by atoms with Crippen molar-refractivity contribution in [3.8, 4) is 0 Å². The van der Waals surface area contributed by atoms with Crippen molar-refractivity contribution in [2.75, 3.05) is 19.7 Å². The van der Waals surface area contributed by atoms with Crippen molar-refractivity contribution in [3.05, 3.63) is 70.8 Å². The number of likely N-dealkylation sites (tertiary alicyclic amines) is 1. The zero-order valence-electron chi connectivity index (χ0n) is 17.0. The second kappa shape index (κ2) is 8.69. The number of carbonyl (C=O) groups is 3. The lowest BCUT2D eigenvalue weighted by molar-refractivity contribution is -0.149. The minimum atomic E-state index is -0.371. The van der Waals surface area contributed by atoms with Crippen LogP contribution in [0.3, 0.4) is 0 Å². The quantitative estimate of drug-likeness (QED) is 0.725. The molecule has 0 aliphatic carbocycles. The number of nitrogens with zero attached hydrogens (tertiary/aromatic N) is 1. The highest BCUT2D eigenvalue weighted by atomic mass is 16.5. The number of rotatable bonds is 4. The van der Waals surface area contributed by atoms with Gasteiger partial charge in [0.2, 0.25) is 0 Å². The molecule has 0 radical (unpaired) electrons. The second-order valence-corrected chi connectivity index (χ2v) is 7.72. The maximum absolute atomic E-state index is 13.1. The lowest BCUT2D eigenvalue weighted by atomic mass is 9.92. The van der Waals surface area contributed by atoms with Crippen LogP contribution in [-0.2, 0) is 20.7 Å². The summed E-state index contributed by atoms with van der Waals surface area (Å²) in [4.78, 5) is 39.4. The van der Waals surface area contributed by atoms with Gasteiger partial charge in [-0.1, -0.05) is 30.3 Å². The molecule has 1 saturated heterocycles. The Bertz CT molecular complexity index is 955. The highest BCUT2D eigenvalue weighted by Crippen LogP contribution is 2.31. The van der Waals surface area contributed by atoms with E-state index >= 15 is 0 Å². The van der Waals surface area contributed by atoms with Crippen LogP contribution in [-0.4, -0.2) is 42.4 Å². The Morgan fingerprint density at radius 2 is 1.97 bits per heavy atom. The highest BCUT2D eigenvalue weighted by Gasteiger charge is 2.32. The summed E-state index contributed by atoms with van der Waals surface area (Å²) in [5.74, 6) is -1.02. The number of hydrogen-bond donors (Lipinski definition) is 0. The average Bonchev–Trinajstić information content (AvgIpc) is 2.79. The van der Waals surface area contributed by atoms with E-state index in [4.69, 9.17) is 9.47 Å². The van der Waals surface area contributed by atoms with Crippen molar-refractivity contribution in [1.82, 2.24) is 4.90 Å². The Balaban J connectivity index is 1.53. The first kappa shape index (κ1) is 20.1. The molecule has 0 saturated carbocycles. The summed E-state index contributed by atoms with van der Waals surface area (Å²) < 4.78 is 10.7. The number of fused-ring (bicyclic) bond motifs is 1. The average molecular weight is 407 g/mol. The topological polar surface area (TPSA) is 72.9 Å². The first-order valence-corrected chi connectivity index (χ1v) is 10.4. The van der Waals surface area contributed by atoms with Gasteiger partial charge in [-0.25, -0.2) is 4.79 Å². The monoisotopic (exact) mass is 407 g/mol. The third-order valence-electron chi connectivity index (χ3n) is 5.73. The first-order chi connectivity index (χ1) is 14.6. The summed E-state index contributed by atoms with van der Waals surface area (Å²) in [7, 11) is 0. The maximum atomic E-state index is 13.1. The highest BCUT2D eigenvalue weighted by molar-refractivity contribution is 5.98. The molecule has 2 aromatic carbocycles. The molecule has 0 unspecified atom stereocenters. The van der Waals surface area contributed by atoms with E-state index in [1.165, 1.54) is 0 Å². The van der Waals surface area contributed by atoms with E-state index in [9.17, 15) is 14.4 Å².